The Hall–Kier alpha value is -1.57. The second kappa shape index (κ2) is 5.38. The van der Waals surface area contributed by atoms with Gasteiger partial charge in [0.2, 0.25) is 0 Å². The van der Waals surface area contributed by atoms with E-state index in [2.05, 4.69) is 15.2 Å². The standard InChI is InChI=1S/C10H14F3N3O2/c1-6-7(4-16(2)15-6)8(9(17)18-3)14-5-10(11,12)13/h4,8,14H,5H2,1-3H3. The highest BCUT2D eigenvalue weighted by Crippen LogP contribution is 2.20. The van der Waals surface area contributed by atoms with Crippen LogP contribution in [-0.2, 0) is 16.6 Å². The molecule has 0 saturated carbocycles. The molecule has 0 aliphatic rings. The Morgan fingerprint density at radius 2 is 2.22 bits per heavy atom. The van der Waals surface area contributed by atoms with Crippen LogP contribution < -0.4 is 5.32 Å². The van der Waals surface area contributed by atoms with Crippen molar-refractivity contribution in [2.75, 3.05) is 13.7 Å². The molecule has 1 N–H and O–H groups in total. The summed E-state index contributed by atoms with van der Waals surface area (Å²) in [6.07, 6.45) is -2.91. The number of aryl methyl sites for hydroxylation is 2. The maximum absolute atomic E-state index is 12.2. The Morgan fingerprint density at radius 3 is 2.61 bits per heavy atom. The van der Waals surface area contributed by atoms with E-state index in [1.54, 1.807) is 14.0 Å². The third-order valence-corrected chi connectivity index (χ3v) is 2.31. The molecule has 0 amide bonds. The van der Waals surface area contributed by atoms with E-state index in [1.165, 1.54) is 10.9 Å². The molecular formula is C10H14F3N3O2. The fourth-order valence-corrected chi connectivity index (χ4v) is 1.56. The zero-order valence-electron chi connectivity index (χ0n) is 10.2. The topological polar surface area (TPSA) is 56.1 Å². The van der Waals surface area contributed by atoms with Gasteiger partial charge in [-0.3, -0.25) is 10.00 Å². The molecule has 18 heavy (non-hydrogen) atoms. The van der Waals surface area contributed by atoms with E-state index in [0.717, 1.165) is 7.11 Å². The van der Waals surface area contributed by atoms with Gasteiger partial charge in [-0.1, -0.05) is 0 Å². The highest BCUT2D eigenvalue weighted by Gasteiger charge is 2.32. The second-order valence-corrected chi connectivity index (χ2v) is 3.80. The van der Waals surface area contributed by atoms with E-state index in [0.29, 0.717) is 11.3 Å². The van der Waals surface area contributed by atoms with Gasteiger partial charge in [-0.05, 0) is 6.92 Å². The van der Waals surface area contributed by atoms with Gasteiger partial charge in [-0.2, -0.15) is 18.3 Å². The monoisotopic (exact) mass is 265 g/mol. The van der Waals surface area contributed by atoms with Gasteiger partial charge in [-0.15, -0.1) is 0 Å². The molecule has 1 aromatic rings. The van der Waals surface area contributed by atoms with E-state index < -0.39 is 24.7 Å². The van der Waals surface area contributed by atoms with E-state index in [1.807, 2.05) is 0 Å². The highest BCUT2D eigenvalue weighted by molar-refractivity contribution is 5.77. The van der Waals surface area contributed by atoms with Crippen molar-refractivity contribution in [1.29, 1.82) is 0 Å². The van der Waals surface area contributed by atoms with Gasteiger partial charge in [-0.25, -0.2) is 4.79 Å². The fraction of sp³-hybridized carbons (Fsp3) is 0.600. The van der Waals surface area contributed by atoms with Crippen molar-refractivity contribution in [1.82, 2.24) is 15.1 Å². The number of methoxy groups -OCH3 is 1. The zero-order valence-corrected chi connectivity index (χ0v) is 10.2. The van der Waals surface area contributed by atoms with Crippen LogP contribution in [0.15, 0.2) is 6.20 Å². The molecule has 0 aliphatic heterocycles. The van der Waals surface area contributed by atoms with Gasteiger partial charge in [0, 0.05) is 18.8 Å². The minimum Gasteiger partial charge on any atom is -0.468 e. The maximum atomic E-state index is 12.2. The number of nitrogens with zero attached hydrogens (tertiary/aromatic N) is 2. The average molecular weight is 265 g/mol. The molecule has 0 saturated heterocycles. The van der Waals surface area contributed by atoms with Crippen LogP contribution in [0.25, 0.3) is 0 Å². The molecule has 0 radical (unpaired) electrons. The Kier molecular flexibility index (Phi) is 4.33. The van der Waals surface area contributed by atoms with Crippen LogP contribution in [0.2, 0.25) is 0 Å². The molecule has 5 nitrogen and oxygen atoms in total. The number of hydrogen-bond acceptors (Lipinski definition) is 4. The molecule has 0 bridgehead atoms. The molecule has 1 aromatic heterocycles. The van der Waals surface area contributed by atoms with Gasteiger partial charge < -0.3 is 4.74 Å². The van der Waals surface area contributed by atoms with Crippen LogP contribution in [0.1, 0.15) is 17.3 Å². The molecule has 102 valence electrons. The van der Waals surface area contributed by atoms with Crippen LogP contribution in [0.4, 0.5) is 13.2 Å². The van der Waals surface area contributed by atoms with Gasteiger partial charge in [0.05, 0.1) is 19.3 Å². The van der Waals surface area contributed by atoms with Gasteiger partial charge in [0.25, 0.3) is 0 Å². The number of rotatable bonds is 4. The quantitative estimate of drug-likeness (QED) is 0.828. The van der Waals surface area contributed by atoms with Crippen LogP contribution in [0.3, 0.4) is 0 Å². The summed E-state index contributed by atoms with van der Waals surface area (Å²) in [7, 11) is 2.74. The van der Waals surface area contributed by atoms with E-state index in [9.17, 15) is 18.0 Å². The van der Waals surface area contributed by atoms with Crippen molar-refractivity contribution in [3.05, 3.63) is 17.5 Å². The SMILES string of the molecule is COC(=O)C(NCC(F)(F)F)c1cn(C)nc1C. The summed E-state index contributed by atoms with van der Waals surface area (Å²) in [6, 6.07) is -1.18. The first-order valence-electron chi connectivity index (χ1n) is 5.12. The summed E-state index contributed by atoms with van der Waals surface area (Å²) in [6.45, 7) is 0.335. The molecular weight excluding hydrogens is 251 g/mol. The van der Waals surface area contributed by atoms with Crippen LogP contribution >= 0.6 is 0 Å². The van der Waals surface area contributed by atoms with Crippen LogP contribution in [0, 0.1) is 6.92 Å². The lowest BCUT2D eigenvalue weighted by Gasteiger charge is -2.17. The van der Waals surface area contributed by atoms with Crippen molar-refractivity contribution in [3.8, 4) is 0 Å². The second-order valence-electron chi connectivity index (χ2n) is 3.80. The van der Waals surface area contributed by atoms with Crippen molar-refractivity contribution >= 4 is 5.97 Å². The summed E-state index contributed by atoms with van der Waals surface area (Å²) in [5.74, 6) is -0.782. The van der Waals surface area contributed by atoms with Crippen molar-refractivity contribution in [3.63, 3.8) is 0 Å². The lowest BCUT2D eigenvalue weighted by molar-refractivity contribution is -0.146. The molecule has 0 aliphatic carbocycles. The number of ether oxygens (including phenoxy) is 1. The number of esters is 1. The molecule has 0 spiro atoms. The fourth-order valence-electron chi connectivity index (χ4n) is 1.56. The summed E-state index contributed by atoms with van der Waals surface area (Å²) >= 11 is 0. The average Bonchev–Trinajstić information content (AvgIpc) is 2.56. The first-order chi connectivity index (χ1) is 8.24. The third kappa shape index (κ3) is 3.73. The first kappa shape index (κ1) is 14.5. The number of carbonyl (C=O) groups excluding carboxylic acids is 1. The summed E-state index contributed by atoms with van der Waals surface area (Å²) in [4.78, 5) is 11.5. The smallest absolute Gasteiger partial charge is 0.401 e. The zero-order chi connectivity index (χ0) is 13.9. The first-order valence-corrected chi connectivity index (χ1v) is 5.12. The van der Waals surface area contributed by atoms with Crippen molar-refractivity contribution in [2.45, 2.75) is 19.1 Å². The predicted molar refractivity (Wildman–Crippen MR) is 56.8 cm³/mol. The van der Waals surface area contributed by atoms with E-state index in [4.69, 9.17) is 0 Å². The molecule has 0 aromatic carbocycles. The molecule has 1 heterocycles. The van der Waals surface area contributed by atoms with Gasteiger partial charge in [0.1, 0.15) is 6.04 Å². The Bertz CT molecular complexity index is 428. The largest absolute Gasteiger partial charge is 0.468 e. The van der Waals surface area contributed by atoms with E-state index in [-0.39, 0.29) is 0 Å². The third-order valence-electron chi connectivity index (χ3n) is 2.31. The van der Waals surface area contributed by atoms with Gasteiger partial charge in [0.15, 0.2) is 0 Å². The number of halogens is 3. The highest BCUT2D eigenvalue weighted by atomic mass is 19.4. The molecule has 8 heteroatoms. The molecule has 1 atom stereocenters. The summed E-state index contributed by atoms with van der Waals surface area (Å²) in [5, 5.41) is 6.11. The summed E-state index contributed by atoms with van der Waals surface area (Å²) in [5.41, 5.74) is 0.844. The molecule has 1 unspecified atom stereocenters. The molecule has 0 fully saturated rings. The van der Waals surface area contributed by atoms with Crippen molar-refractivity contribution < 1.29 is 22.7 Å². The maximum Gasteiger partial charge on any atom is 0.401 e. The number of hydrogen-bond donors (Lipinski definition) is 1. The Balaban J connectivity index is 2.92. The number of nitrogens with one attached hydrogen (secondary N) is 1. The Labute approximate surface area is 102 Å². The number of carbonyl (C=O) groups is 1. The minimum absolute atomic E-state index is 0.369. The van der Waals surface area contributed by atoms with E-state index >= 15 is 0 Å². The Morgan fingerprint density at radius 1 is 1.61 bits per heavy atom. The number of aromatic nitrogens is 2. The van der Waals surface area contributed by atoms with Crippen LogP contribution in [0.5, 0.6) is 0 Å². The summed E-state index contributed by atoms with van der Waals surface area (Å²) < 4.78 is 42.4. The predicted octanol–water partition coefficient (Wildman–Crippen LogP) is 1.09. The lowest BCUT2D eigenvalue weighted by Crippen LogP contribution is -2.36. The van der Waals surface area contributed by atoms with Gasteiger partial charge >= 0.3 is 12.1 Å². The lowest BCUT2D eigenvalue weighted by atomic mass is 10.1. The number of alkyl halides is 3. The van der Waals surface area contributed by atoms with Crippen LogP contribution in [-0.4, -0.2) is 35.6 Å². The molecule has 1 rings (SSSR count). The van der Waals surface area contributed by atoms with Crippen molar-refractivity contribution in [2.24, 2.45) is 7.05 Å². The normalized spacial score (nSPS) is 13.4. The minimum atomic E-state index is -4.40.